The van der Waals surface area contributed by atoms with Crippen LogP contribution >= 0.6 is 11.3 Å². The predicted molar refractivity (Wildman–Crippen MR) is 83.2 cm³/mol. The maximum atomic E-state index is 12.7. The highest BCUT2D eigenvalue weighted by Gasteiger charge is 2.23. The molecule has 1 N–H and O–H groups in total. The van der Waals surface area contributed by atoms with Gasteiger partial charge >= 0.3 is 0 Å². The number of carbonyl (C=O) groups is 1. The molecule has 0 spiro atoms. The highest BCUT2D eigenvalue weighted by Crippen LogP contribution is 2.23. The zero-order valence-electron chi connectivity index (χ0n) is 11.5. The van der Waals surface area contributed by atoms with Crippen molar-refractivity contribution in [3.63, 3.8) is 0 Å². The van der Waals surface area contributed by atoms with E-state index in [1.54, 1.807) is 0 Å². The van der Waals surface area contributed by atoms with Gasteiger partial charge in [0.2, 0.25) is 0 Å². The van der Waals surface area contributed by atoms with Crippen LogP contribution in [0.25, 0.3) is 0 Å². The number of aliphatic hydroxyl groups excluding tert-OH is 1. The Hall–Kier alpha value is -2.09. The second-order valence-corrected chi connectivity index (χ2v) is 5.78. The Morgan fingerprint density at radius 2 is 2.10 bits per heavy atom. The van der Waals surface area contributed by atoms with Crippen molar-refractivity contribution in [1.82, 2.24) is 4.90 Å². The molecule has 0 fully saturated rings. The lowest BCUT2D eigenvalue weighted by molar-refractivity contribution is 0.0739. The van der Waals surface area contributed by atoms with Crippen molar-refractivity contribution in [2.24, 2.45) is 0 Å². The molecular weight excluding hydrogens is 282 g/mol. The van der Waals surface area contributed by atoms with Crippen LogP contribution in [0.1, 0.15) is 26.4 Å². The highest BCUT2D eigenvalue weighted by molar-refractivity contribution is 7.12. The second kappa shape index (κ2) is 6.13. The fourth-order valence-electron chi connectivity index (χ4n) is 2.52. The number of hydrogen-bond acceptors (Lipinski definition) is 3. The first kappa shape index (κ1) is 13.9. The van der Waals surface area contributed by atoms with Gasteiger partial charge in [-0.2, -0.15) is 0 Å². The number of fused-ring (bicyclic) bond motifs is 1. The summed E-state index contributed by atoms with van der Waals surface area (Å²) in [7, 11) is 0. The Morgan fingerprint density at radius 3 is 2.90 bits per heavy atom. The Morgan fingerprint density at radius 1 is 1.29 bits per heavy atom. The first-order valence-corrected chi connectivity index (χ1v) is 7.71. The summed E-state index contributed by atoms with van der Waals surface area (Å²) < 4.78 is 0. The molecule has 3 nitrogen and oxygen atoms in total. The van der Waals surface area contributed by atoms with Crippen molar-refractivity contribution >= 4 is 17.2 Å². The molecule has 2 heterocycles. The third-order valence-corrected chi connectivity index (χ3v) is 4.48. The molecule has 1 aliphatic heterocycles. The molecule has 2 aromatic rings. The smallest absolute Gasteiger partial charge is 0.265 e. The van der Waals surface area contributed by atoms with E-state index < -0.39 is 0 Å². The molecule has 0 aliphatic carbocycles. The summed E-state index contributed by atoms with van der Waals surface area (Å²) in [6, 6.07) is 10.1. The molecule has 0 saturated heterocycles. The average molecular weight is 297 g/mol. The molecule has 0 radical (unpaired) electrons. The number of carbonyl (C=O) groups excluding carboxylic acids is 1. The van der Waals surface area contributed by atoms with Crippen LogP contribution in [0, 0.1) is 11.8 Å². The van der Waals surface area contributed by atoms with E-state index in [1.165, 1.54) is 22.5 Å². The van der Waals surface area contributed by atoms with E-state index in [0.29, 0.717) is 17.0 Å². The maximum absolute atomic E-state index is 12.7. The minimum absolute atomic E-state index is 0.0294. The third kappa shape index (κ3) is 2.85. The Labute approximate surface area is 127 Å². The van der Waals surface area contributed by atoms with Gasteiger partial charge in [-0.05, 0) is 29.0 Å². The van der Waals surface area contributed by atoms with Crippen molar-refractivity contribution in [3.05, 3.63) is 57.3 Å². The van der Waals surface area contributed by atoms with Gasteiger partial charge in [-0.3, -0.25) is 4.79 Å². The van der Waals surface area contributed by atoms with Crippen LogP contribution in [-0.4, -0.2) is 29.1 Å². The molecule has 0 atom stereocenters. The minimum atomic E-state index is -0.194. The van der Waals surface area contributed by atoms with Crippen molar-refractivity contribution in [1.29, 1.82) is 0 Å². The van der Waals surface area contributed by atoms with Gasteiger partial charge in [-0.1, -0.05) is 36.1 Å². The standard InChI is InChI=1S/C17H15NO2S/c19-10-3-6-14-8-11-21-16(14)17(20)18-9-7-13-4-1-2-5-15(13)12-18/h1-2,4-5,8,11,19H,7,9-10,12H2. The largest absolute Gasteiger partial charge is 0.384 e. The highest BCUT2D eigenvalue weighted by atomic mass is 32.1. The quantitative estimate of drug-likeness (QED) is 0.821. The first-order chi connectivity index (χ1) is 10.3. The van der Waals surface area contributed by atoms with Crippen molar-refractivity contribution in [2.75, 3.05) is 13.2 Å². The molecule has 0 unspecified atom stereocenters. The van der Waals surface area contributed by atoms with Gasteiger partial charge in [0.1, 0.15) is 11.5 Å². The number of rotatable bonds is 1. The molecule has 1 amide bonds. The molecule has 1 aromatic heterocycles. The monoisotopic (exact) mass is 297 g/mol. The molecule has 3 rings (SSSR count). The normalized spacial score (nSPS) is 13.3. The van der Waals surface area contributed by atoms with Crippen molar-refractivity contribution in [3.8, 4) is 11.8 Å². The van der Waals surface area contributed by atoms with Crippen LogP contribution in [0.2, 0.25) is 0 Å². The summed E-state index contributed by atoms with van der Waals surface area (Å²) in [6.45, 7) is 1.20. The van der Waals surface area contributed by atoms with Crippen LogP contribution in [0.4, 0.5) is 0 Å². The van der Waals surface area contributed by atoms with Crippen LogP contribution in [-0.2, 0) is 13.0 Å². The molecule has 1 aliphatic rings. The van der Waals surface area contributed by atoms with E-state index in [0.717, 1.165) is 13.0 Å². The van der Waals surface area contributed by atoms with Crippen molar-refractivity contribution < 1.29 is 9.90 Å². The fourth-order valence-corrected chi connectivity index (χ4v) is 3.34. The fraction of sp³-hybridized carbons (Fsp3) is 0.235. The molecule has 21 heavy (non-hydrogen) atoms. The summed E-state index contributed by atoms with van der Waals surface area (Å²) >= 11 is 1.41. The van der Waals surface area contributed by atoms with Crippen LogP contribution < -0.4 is 0 Å². The lowest BCUT2D eigenvalue weighted by Crippen LogP contribution is -2.35. The molecule has 0 bridgehead atoms. The average Bonchev–Trinajstić information content (AvgIpc) is 3.00. The van der Waals surface area contributed by atoms with Gasteiger partial charge < -0.3 is 10.0 Å². The Bertz CT molecular complexity index is 724. The number of amides is 1. The summed E-state index contributed by atoms with van der Waals surface area (Å²) in [5, 5.41) is 10.7. The Balaban J connectivity index is 1.83. The van der Waals surface area contributed by atoms with E-state index >= 15 is 0 Å². The minimum Gasteiger partial charge on any atom is -0.384 e. The van der Waals surface area contributed by atoms with Crippen molar-refractivity contribution in [2.45, 2.75) is 13.0 Å². The van der Waals surface area contributed by atoms with Gasteiger partial charge in [0.05, 0.1) is 0 Å². The number of benzene rings is 1. The van der Waals surface area contributed by atoms with Gasteiger partial charge in [-0.25, -0.2) is 0 Å². The van der Waals surface area contributed by atoms with Gasteiger partial charge in [-0.15, -0.1) is 11.3 Å². The van der Waals surface area contributed by atoms with E-state index in [1.807, 2.05) is 28.5 Å². The molecular formula is C17H15NO2S. The van der Waals surface area contributed by atoms with E-state index in [9.17, 15) is 4.79 Å². The molecule has 4 heteroatoms. The van der Waals surface area contributed by atoms with Gasteiger partial charge in [0, 0.05) is 18.7 Å². The van der Waals surface area contributed by atoms with Gasteiger partial charge in [0.25, 0.3) is 5.91 Å². The lowest BCUT2D eigenvalue weighted by Gasteiger charge is -2.28. The Kier molecular flexibility index (Phi) is 4.05. The summed E-state index contributed by atoms with van der Waals surface area (Å²) in [6.07, 6.45) is 0.894. The van der Waals surface area contributed by atoms with Crippen LogP contribution in [0.5, 0.6) is 0 Å². The third-order valence-electron chi connectivity index (χ3n) is 3.58. The summed E-state index contributed by atoms with van der Waals surface area (Å²) in [5.74, 6) is 5.48. The van der Waals surface area contributed by atoms with Crippen LogP contribution in [0.3, 0.4) is 0 Å². The SMILES string of the molecule is O=C(c1sccc1C#CCO)N1CCc2ccccc2C1. The van der Waals surface area contributed by atoms with Gasteiger partial charge in [0.15, 0.2) is 0 Å². The van der Waals surface area contributed by atoms with E-state index in [-0.39, 0.29) is 12.5 Å². The van der Waals surface area contributed by atoms with E-state index in [4.69, 9.17) is 5.11 Å². The summed E-state index contributed by atoms with van der Waals surface area (Å²) in [4.78, 5) is 15.2. The van der Waals surface area contributed by atoms with Crippen LogP contribution in [0.15, 0.2) is 35.7 Å². The number of thiophene rings is 1. The topological polar surface area (TPSA) is 40.5 Å². The number of aliphatic hydroxyl groups is 1. The predicted octanol–water partition coefficient (Wildman–Crippen LogP) is 2.29. The zero-order valence-corrected chi connectivity index (χ0v) is 12.3. The van der Waals surface area contributed by atoms with E-state index in [2.05, 4.69) is 24.0 Å². The zero-order chi connectivity index (χ0) is 14.7. The molecule has 0 saturated carbocycles. The summed E-state index contributed by atoms with van der Waals surface area (Å²) in [5.41, 5.74) is 3.25. The molecule has 106 valence electrons. The second-order valence-electron chi connectivity index (χ2n) is 4.87. The lowest BCUT2D eigenvalue weighted by atomic mass is 10.00. The first-order valence-electron chi connectivity index (χ1n) is 6.83. The number of nitrogens with zero attached hydrogens (tertiary/aromatic N) is 1. The maximum Gasteiger partial charge on any atom is 0.265 e. The number of hydrogen-bond donors (Lipinski definition) is 1. The molecule has 1 aromatic carbocycles.